The summed E-state index contributed by atoms with van der Waals surface area (Å²) in [6, 6.07) is 2.35. The first kappa shape index (κ1) is 23.7. The molecular formula is C24H25F2N3O5. The Hall–Kier alpha value is -3.50. The highest BCUT2D eigenvalue weighted by atomic mass is 19.1. The van der Waals surface area contributed by atoms with Gasteiger partial charge in [0.25, 0.3) is 0 Å². The minimum atomic E-state index is -0.892. The summed E-state index contributed by atoms with van der Waals surface area (Å²) in [5.74, 6) is -2.27. The van der Waals surface area contributed by atoms with E-state index in [4.69, 9.17) is 10.5 Å². The Balaban J connectivity index is 2.18. The first-order valence-corrected chi connectivity index (χ1v) is 10.8. The van der Waals surface area contributed by atoms with E-state index in [1.807, 2.05) is 0 Å². The lowest BCUT2D eigenvalue weighted by Gasteiger charge is -2.39. The number of aliphatic hydroxyl groups excluding tert-OH is 2. The van der Waals surface area contributed by atoms with Crippen LogP contribution in [0.1, 0.15) is 34.0 Å². The number of esters is 1. The average molecular weight is 473 g/mol. The lowest BCUT2D eigenvalue weighted by molar-refractivity contribution is 0.0524. The number of nitrogen functional groups attached to an aromatic ring is 1. The van der Waals surface area contributed by atoms with Gasteiger partial charge in [0.1, 0.15) is 11.4 Å². The summed E-state index contributed by atoms with van der Waals surface area (Å²) >= 11 is 0. The van der Waals surface area contributed by atoms with E-state index in [2.05, 4.69) is 0 Å². The van der Waals surface area contributed by atoms with Gasteiger partial charge in [-0.3, -0.25) is 4.79 Å². The third-order valence-corrected chi connectivity index (χ3v) is 6.13. The van der Waals surface area contributed by atoms with Crippen molar-refractivity contribution in [3.05, 3.63) is 62.4 Å². The van der Waals surface area contributed by atoms with Gasteiger partial charge >= 0.3 is 5.97 Å². The molecule has 3 aromatic rings. The van der Waals surface area contributed by atoms with Crippen LogP contribution in [-0.2, 0) is 11.3 Å². The molecule has 2 aromatic carbocycles. The molecule has 1 aliphatic heterocycles. The fourth-order valence-electron chi connectivity index (χ4n) is 4.42. The molecule has 1 fully saturated rings. The molecule has 1 saturated heterocycles. The number of carbonyl (C=O) groups excluding carboxylic acids is 1. The van der Waals surface area contributed by atoms with Gasteiger partial charge in [0.15, 0.2) is 5.82 Å². The van der Waals surface area contributed by atoms with E-state index in [1.165, 1.54) is 23.8 Å². The smallest absolute Gasteiger partial charge is 0.343 e. The number of carbonyl (C=O) groups is 1. The Bertz CT molecular complexity index is 1380. The number of nitrogens with two attached hydrogens (primary N) is 1. The van der Waals surface area contributed by atoms with E-state index in [9.17, 15) is 24.2 Å². The van der Waals surface area contributed by atoms with E-state index < -0.39 is 35.7 Å². The number of nitrogens with zero attached hydrogens (tertiary/aromatic N) is 2. The number of benzene rings is 2. The van der Waals surface area contributed by atoms with Crippen LogP contribution in [0.15, 0.2) is 23.1 Å². The molecule has 4 rings (SSSR count). The maximum absolute atomic E-state index is 15.6. The molecular weight excluding hydrogens is 448 g/mol. The minimum absolute atomic E-state index is 0.0162. The van der Waals surface area contributed by atoms with Crippen molar-refractivity contribution < 1.29 is 28.5 Å². The summed E-state index contributed by atoms with van der Waals surface area (Å²) in [6.07, 6.45) is 0.647. The second-order valence-corrected chi connectivity index (χ2v) is 8.32. The highest BCUT2D eigenvalue weighted by Crippen LogP contribution is 2.37. The standard InChI is InChI=1S/C24H25F2N3O5/c1-4-34-24(33)15-9-29(18-6-17(27)16(25)5-13(18)10-30)21-12(3)22(28-7-14(31)8-28)20(26)11(2)19(21)23(15)32/h5-6,9,14,30-31H,4,7-8,10,27H2,1-3H3. The Morgan fingerprint density at radius 1 is 1.24 bits per heavy atom. The normalized spacial score (nSPS) is 13.9. The molecule has 0 aliphatic carbocycles. The molecule has 0 radical (unpaired) electrons. The fraction of sp³-hybridized carbons (Fsp3) is 0.333. The van der Waals surface area contributed by atoms with Crippen LogP contribution in [0.4, 0.5) is 20.2 Å². The summed E-state index contributed by atoms with van der Waals surface area (Å²) in [5.41, 5.74) is 5.80. The zero-order valence-electron chi connectivity index (χ0n) is 19.0. The van der Waals surface area contributed by atoms with Crippen molar-refractivity contribution in [2.75, 3.05) is 30.3 Å². The number of hydrogen-bond donors (Lipinski definition) is 3. The Morgan fingerprint density at radius 2 is 1.91 bits per heavy atom. The van der Waals surface area contributed by atoms with Gasteiger partial charge in [0.05, 0.1) is 47.3 Å². The van der Waals surface area contributed by atoms with E-state index in [-0.39, 0.29) is 64.4 Å². The lowest BCUT2D eigenvalue weighted by atomic mass is 9.97. The van der Waals surface area contributed by atoms with Gasteiger partial charge in [0, 0.05) is 36.0 Å². The van der Waals surface area contributed by atoms with Gasteiger partial charge in [0.2, 0.25) is 5.43 Å². The van der Waals surface area contributed by atoms with Crippen molar-refractivity contribution in [1.82, 2.24) is 4.57 Å². The summed E-state index contributed by atoms with van der Waals surface area (Å²) in [7, 11) is 0. The molecule has 10 heteroatoms. The fourth-order valence-corrected chi connectivity index (χ4v) is 4.42. The van der Waals surface area contributed by atoms with E-state index >= 15 is 4.39 Å². The van der Waals surface area contributed by atoms with E-state index in [1.54, 1.807) is 18.7 Å². The molecule has 4 N–H and O–H groups in total. The number of anilines is 2. The molecule has 0 saturated carbocycles. The summed E-state index contributed by atoms with van der Waals surface area (Å²) < 4.78 is 36.2. The lowest BCUT2D eigenvalue weighted by Crippen LogP contribution is -2.51. The van der Waals surface area contributed by atoms with Crippen LogP contribution in [-0.4, -0.2) is 46.5 Å². The average Bonchev–Trinajstić information content (AvgIpc) is 2.77. The highest BCUT2D eigenvalue weighted by Gasteiger charge is 2.32. The van der Waals surface area contributed by atoms with E-state index in [0.717, 1.165) is 6.07 Å². The van der Waals surface area contributed by atoms with Gasteiger partial charge in [-0.15, -0.1) is 0 Å². The van der Waals surface area contributed by atoms with Crippen LogP contribution in [0, 0.1) is 25.5 Å². The summed E-state index contributed by atoms with van der Waals surface area (Å²) in [4.78, 5) is 27.6. The molecule has 0 bridgehead atoms. The second-order valence-electron chi connectivity index (χ2n) is 8.32. The van der Waals surface area contributed by atoms with E-state index in [0.29, 0.717) is 5.56 Å². The van der Waals surface area contributed by atoms with Gasteiger partial charge in [-0.05, 0) is 32.9 Å². The number of aliphatic hydroxyl groups is 2. The molecule has 0 amide bonds. The number of aryl methyl sites for hydroxylation is 2. The van der Waals surface area contributed by atoms with Crippen molar-refractivity contribution in [2.24, 2.45) is 0 Å². The largest absolute Gasteiger partial charge is 0.462 e. The topological polar surface area (TPSA) is 118 Å². The van der Waals surface area contributed by atoms with Crippen LogP contribution in [0.3, 0.4) is 0 Å². The third-order valence-electron chi connectivity index (χ3n) is 6.13. The SMILES string of the molecule is CCOC(=O)c1cn(-c2cc(N)c(F)cc2CO)c2c(C)c(N3CC(O)C3)c(F)c(C)c2c1=O. The van der Waals surface area contributed by atoms with Crippen LogP contribution in [0.5, 0.6) is 0 Å². The van der Waals surface area contributed by atoms with Crippen molar-refractivity contribution in [3.8, 4) is 5.69 Å². The first-order valence-electron chi connectivity index (χ1n) is 10.8. The molecule has 1 aromatic heterocycles. The third kappa shape index (κ3) is 3.59. The zero-order valence-corrected chi connectivity index (χ0v) is 19.0. The summed E-state index contributed by atoms with van der Waals surface area (Å²) in [6.45, 7) is 4.55. The number of halogens is 2. The number of pyridine rings is 1. The van der Waals surface area contributed by atoms with Crippen molar-refractivity contribution in [2.45, 2.75) is 33.5 Å². The van der Waals surface area contributed by atoms with Crippen LogP contribution < -0.4 is 16.1 Å². The highest BCUT2D eigenvalue weighted by molar-refractivity contribution is 5.98. The number of fused-ring (bicyclic) bond motifs is 1. The van der Waals surface area contributed by atoms with Gasteiger partial charge in [-0.25, -0.2) is 13.6 Å². The number of aromatic nitrogens is 1. The molecule has 180 valence electrons. The molecule has 0 atom stereocenters. The van der Waals surface area contributed by atoms with Crippen molar-refractivity contribution in [1.29, 1.82) is 0 Å². The Morgan fingerprint density at radius 3 is 2.50 bits per heavy atom. The van der Waals surface area contributed by atoms with Crippen LogP contribution in [0.25, 0.3) is 16.6 Å². The number of rotatable bonds is 5. The molecule has 2 heterocycles. The minimum Gasteiger partial charge on any atom is -0.462 e. The quantitative estimate of drug-likeness (QED) is 0.385. The Kier molecular flexibility index (Phi) is 6.05. The molecule has 0 unspecified atom stereocenters. The predicted octanol–water partition coefficient (Wildman–Crippen LogP) is 2.32. The van der Waals surface area contributed by atoms with Gasteiger partial charge < -0.3 is 30.2 Å². The molecule has 8 nitrogen and oxygen atoms in total. The van der Waals surface area contributed by atoms with Gasteiger partial charge in [-0.2, -0.15) is 0 Å². The monoisotopic (exact) mass is 473 g/mol. The maximum atomic E-state index is 15.6. The van der Waals surface area contributed by atoms with Gasteiger partial charge in [-0.1, -0.05) is 0 Å². The molecule has 1 aliphatic rings. The van der Waals surface area contributed by atoms with Crippen LogP contribution in [0.2, 0.25) is 0 Å². The van der Waals surface area contributed by atoms with Crippen LogP contribution >= 0.6 is 0 Å². The number of hydrogen-bond acceptors (Lipinski definition) is 7. The Labute approximate surface area is 193 Å². The maximum Gasteiger partial charge on any atom is 0.343 e. The van der Waals surface area contributed by atoms with Crippen molar-refractivity contribution >= 4 is 28.2 Å². The first-order chi connectivity index (χ1) is 16.1. The second kappa shape index (κ2) is 8.69. The number of β-amino-alcohol motifs (C(OH)–C–C–N with tert-alkyl or cyclic N) is 1. The summed E-state index contributed by atoms with van der Waals surface area (Å²) in [5, 5.41) is 19.6. The van der Waals surface area contributed by atoms with Crippen molar-refractivity contribution in [3.63, 3.8) is 0 Å². The predicted molar refractivity (Wildman–Crippen MR) is 123 cm³/mol. The number of ether oxygens (including phenoxy) is 1. The molecule has 0 spiro atoms. The zero-order chi connectivity index (χ0) is 24.9. The molecule has 34 heavy (non-hydrogen) atoms.